The van der Waals surface area contributed by atoms with Crippen molar-refractivity contribution in [2.24, 2.45) is 5.73 Å². The van der Waals surface area contributed by atoms with Crippen LogP contribution in [0.25, 0.3) is 0 Å². The SMILES string of the molecule is NC(=O)CCCNc1nc(Cl)nc(N2CCOCC2)n1. The van der Waals surface area contributed by atoms with Gasteiger partial charge in [-0.3, -0.25) is 4.79 Å². The summed E-state index contributed by atoms with van der Waals surface area (Å²) in [5.41, 5.74) is 5.07. The molecule has 110 valence electrons. The lowest BCUT2D eigenvalue weighted by Crippen LogP contribution is -2.37. The smallest absolute Gasteiger partial charge is 0.231 e. The summed E-state index contributed by atoms with van der Waals surface area (Å²) in [7, 11) is 0. The van der Waals surface area contributed by atoms with E-state index in [9.17, 15) is 4.79 Å². The number of nitrogens with one attached hydrogen (secondary N) is 1. The molecule has 1 aromatic rings. The quantitative estimate of drug-likeness (QED) is 0.714. The van der Waals surface area contributed by atoms with Gasteiger partial charge in [0.15, 0.2) is 0 Å². The molecule has 0 radical (unpaired) electrons. The van der Waals surface area contributed by atoms with Crippen molar-refractivity contribution in [2.45, 2.75) is 12.8 Å². The van der Waals surface area contributed by atoms with Gasteiger partial charge in [0, 0.05) is 26.1 Å². The number of halogens is 1. The van der Waals surface area contributed by atoms with E-state index in [1.807, 2.05) is 4.90 Å². The number of amides is 1. The summed E-state index contributed by atoms with van der Waals surface area (Å²) < 4.78 is 5.28. The van der Waals surface area contributed by atoms with Crippen LogP contribution < -0.4 is 16.0 Å². The van der Waals surface area contributed by atoms with E-state index in [4.69, 9.17) is 22.1 Å². The van der Waals surface area contributed by atoms with Gasteiger partial charge in [-0.25, -0.2) is 0 Å². The number of morpholine rings is 1. The Balaban J connectivity index is 1.95. The van der Waals surface area contributed by atoms with Crippen molar-refractivity contribution in [2.75, 3.05) is 43.1 Å². The summed E-state index contributed by atoms with van der Waals surface area (Å²) in [6.45, 7) is 3.28. The number of ether oxygens (including phenoxy) is 1. The van der Waals surface area contributed by atoms with Crippen molar-refractivity contribution in [3.05, 3.63) is 5.28 Å². The Morgan fingerprint density at radius 2 is 2.10 bits per heavy atom. The first-order valence-electron chi connectivity index (χ1n) is 6.41. The predicted octanol–water partition coefficient (Wildman–Crippen LogP) is 0.0390. The van der Waals surface area contributed by atoms with E-state index in [1.54, 1.807) is 0 Å². The zero-order valence-corrected chi connectivity index (χ0v) is 11.8. The molecule has 1 aliphatic heterocycles. The highest BCUT2D eigenvalue weighted by atomic mass is 35.5. The largest absolute Gasteiger partial charge is 0.378 e. The van der Waals surface area contributed by atoms with E-state index in [2.05, 4.69) is 20.3 Å². The third-order valence-corrected chi connectivity index (χ3v) is 2.94. The van der Waals surface area contributed by atoms with Crippen LogP contribution in [0.15, 0.2) is 0 Å². The second kappa shape index (κ2) is 7.20. The second-order valence-corrected chi connectivity index (χ2v) is 4.66. The Hall–Kier alpha value is -1.67. The van der Waals surface area contributed by atoms with Crippen molar-refractivity contribution < 1.29 is 9.53 Å². The van der Waals surface area contributed by atoms with E-state index >= 15 is 0 Å². The molecule has 1 fully saturated rings. The van der Waals surface area contributed by atoms with Crippen LogP contribution in [0.2, 0.25) is 5.28 Å². The summed E-state index contributed by atoms with van der Waals surface area (Å²) in [6.07, 6.45) is 0.938. The van der Waals surface area contributed by atoms with Crippen LogP contribution in [-0.2, 0) is 9.53 Å². The molecule has 1 saturated heterocycles. The van der Waals surface area contributed by atoms with E-state index in [0.717, 1.165) is 13.1 Å². The lowest BCUT2D eigenvalue weighted by atomic mass is 10.3. The summed E-state index contributed by atoms with van der Waals surface area (Å²) in [4.78, 5) is 25.1. The summed E-state index contributed by atoms with van der Waals surface area (Å²) in [6, 6.07) is 0. The molecule has 1 aliphatic rings. The fourth-order valence-corrected chi connectivity index (χ4v) is 1.94. The summed E-state index contributed by atoms with van der Waals surface area (Å²) in [5, 5.41) is 3.15. The number of nitrogens with two attached hydrogens (primary N) is 1. The Bertz CT molecular complexity index is 466. The van der Waals surface area contributed by atoms with Gasteiger partial charge in [-0.2, -0.15) is 15.0 Å². The molecule has 0 bridgehead atoms. The number of rotatable bonds is 6. The lowest BCUT2D eigenvalue weighted by Gasteiger charge is -2.26. The zero-order chi connectivity index (χ0) is 14.4. The minimum Gasteiger partial charge on any atom is -0.378 e. The maximum atomic E-state index is 10.6. The van der Waals surface area contributed by atoms with Gasteiger partial charge < -0.3 is 20.7 Å². The van der Waals surface area contributed by atoms with Gasteiger partial charge in [-0.15, -0.1) is 0 Å². The number of carbonyl (C=O) groups is 1. The summed E-state index contributed by atoms with van der Waals surface area (Å²) >= 11 is 5.90. The Morgan fingerprint density at radius 1 is 1.35 bits per heavy atom. The van der Waals surface area contributed by atoms with Crippen LogP contribution in [0.1, 0.15) is 12.8 Å². The Labute approximate surface area is 121 Å². The van der Waals surface area contributed by atoms with Gasteiger partial charge in [0.2, 0.25) is 23.1 Å². The number of hydrogen-bond acceptors (Lipinski definition) is 7. The number of nitrogens with zero attached hydrogens (tertiary/aromatic N) is 4. The van der Waals surface area contributed by atoms with Crippen molar-refractivity contribution in [3.8, 4) is 0 Å². The monoisotopic (exact) mass is 300 g/mol. The number of hydrogen-bond donors (Lipinski definition) is 2. The fraction of sp³-hybridized carbons (Fsp3) is 0.636. The fourth-order valence-electron chi connectivity index (χ4n) is 1.79. The van der Waals surface area contributed by atoms with Gasteiger partial charge in [-0.05, 0) is 18.0 Å². The molecule has 0 atom stereocenters. The normalized spacial score (nSPS) is 15.2. The van der Waals surface area contributed by atoms with Gasteiger partial charge in [0.05, 0.1) is 13.2 Å². The lowest BCUT2D eigenvalue weighted by molar-refractivity contribution is -0.118. The minimum atomic E-state index is -0.325. The van der Waals surface area contributed by atoms with E-state index in [1.165, 1.54) is 0 Å². The maximum Gasteiger partial charge on any atom is 0.231 e. The highest BCUT2D eigenvalue weighted by molar-refractivity contribution is 6.28. The maximum absolute atomic E-state index is 10.6. The van der Waals surface area contributed by atoms with Crippen LogP contribution in [0, 0.1) is 0 Å². The Morgan fingerprint density at radius 3 is 2.80 bits per heavy atom. The Kier molecular flexibility index (Phi) is 5.31. The molecular weight excluding hydrogens is 284 g/mol. The third-order valence-electron chi connectivity index (χ3n) is 2.77. The van der Waals surface area contributed by atoms with E-state index < -0.39 is 0 Å². The number of carbonyl (C=O) groups excluding carboxylic acids is 1. The molecular formula is C11H17ClN6O2. The molecule has 1 aromatic heterocycles. The molecule has 3 N–H and O–H groups in total. The number of anilines is 2. The highest BCUT2D eigenvalue weighted by Gasteiger charge is 2.15. The number of aromatic nitrogens is 3. The molecule has 9 heteroatoms. The van der Waals surface area contributed by atoms with Crippen molar-refractivity contribution in [1.29, 1.82) is 0 Å². The first kappa shape index (κ1) is 14.7. The molecule has 8 nitrogen and oxygen atoms in total. The molecule has 0 saturated carbocycles. The summed E-state index contributed by atoms with van der Waals surface area (Å²) in [5.74, 6) is 0.608. The standard InChI is InChI=1S/C11H17ClN6O2/c12-9-15-10(14-3-1-2-8(13)19)17-11(16-9)18-4-6-20-7-5-18/h1-7H2,(H2,13,19)(H,14,15,16,17). The topological polar surface area (TPSA) is 106 Å². The van der Waals surface area contributed by atoms with Crippen LogP contribution in [0.5, 0.6) is 0 Å². The molecule has 0 spiro atoms. The van der Waals surface area contributed by atoms with Crippen molar-refractivity contribution in [1.82, 2.24) is 15.0 Å². The van der Waals surface area contributed by atoms with Gasteiger partial charge >= 0.3 is 0 Å². The zero-order valence-electron chi connectivity index (χ0n) is 11.0. The van der Waals surface area contributed by atoms with Crippen molar-refractivity contribution in [3.63, 3.8) is 0 Å². The van der Waals surface area contributed by atoms with Crippen LogP contribution in [0.3, 0.4) is 0 Å². The van der Waals surface area contributed by atoms with E-state index in [0.29, 0.717) is 44.5 Å². The van der Waals surface area contributed by atoms with Crippen LogP contribution in [0.4, 0.5) is 11.9 Å². The molecule has 2 rings (SSSR count). The van der Waals surface area contributed by atoms with Crippen molar-refractivity contribution >= 4 is 29.4 Å². The predicted molar refractivity (Wildman–Crippen MR) is 74.8 cm³/mol. The average molecular weight is 301 g/mol. The highest BCUT2D eigenvalue weighted by Crippen LogP contribution is 2.15. The molecule has 1 amide bonds. The second-order valence-electron chi connectivity index (χ2n) is 4.32. The molecule has 0 unspecified atom stereocenters. The number of primary amides is 1. The van der Waals surface area contributed by atoms with Gasteiger partial charge in [-0.1, -0.05) is 0 Å². The van der Waals surface area contributed by atoms with Gasteiger partial charge in [0.25, 0.3) is 0 Å². The van der Waals surface area contributed by atoms with Crippen LogP contribution >= 0.6 is 11.6 Å². The average Bonchev–Trinajstić information content (AvgIpc) is 2.44. The van der Waals surface area contributed by atoms with E-state index in [-0.39, 0.29) is 11.2 Å². The van der Waals surface area contributed by atoms with Gasteiger partial charge in [0.1, 0.15) is 0 Å². The third kappa shape index (κ3) is 4.46. The first-order valence-corrected chi connectivity index (χ1v) is 6.79. The minimum absolute atomic E-state index is 0.138. The molecule has 20 heavy (non-hydrogen) atoms. The molecule has 0 aliphatic carbocycles. The first-order chi connectivity index (χ1) is 9.65. The molecule has 0 aromatic carbocycles. The van der Waals surface area contributed by atoms with Crippen LogP contribution in [-0.4, -0.2) is 53.7 Å². The molecule has 2 heterocycles.